The molecule has 2 aromatic heterocycles. The predicted molar refractivity (Wildman–Crippen MR) is 148 cm³/mol. The van der Waals surface area contributed by atoms with E-state index in [1.54, 1.807) is 43.2 Å². The molecule has 39 heavy (non-hydrogen) atoms. The van der Waals surface area contributed by atoms with Gasteiger partial charge in [0, 0.05) is 18.0 Å². The van der Waals surface area contributed by atoms with E-state index in [9.17, 15) is 14.0 Å². The molecule has 1 unspecified atom stereocenters. The molecule has 1 atom stereocenters. The molecule has 204 valence electrons. The number of hydrogen-bond donors (Lipinski definition) is 1. The molecule has 0 radical (unpaired) electrons. The van der Waals surface area contributed by atoms with Crippen LogP contribution in [0.15, 0.2) is 53.0 Å². The summed E-state index contributed by atoms with van der Waals surface area (Å²) < 4.78 is 31.0. The highest BCUT2D eigenvalue weighted by atomic mass is 35.5. The number of esters is 1. The number of halogens is 2. The molecule has 2 heterocycles. The van der Waals surface area contributed by atoms with Crippen molar-refractivity contribution >= 4 is 51.6 Å². The number of anilines is 1. The van der Waals surface area contributed by atoms with Crippen LogP contribution in [0.1, 0.15) is 29.2 Å². The molecule has 0 aliphatic heterocycles. The largest absolute Gasteiger partial charge is 0.497 e. The number of rotatable bonds is 10. The SMILES string of the molecule is COC(=O)c1c(-c2ccc(OC)cc2)csc1NC(=O)CSc1nnc(C(C)Oc2ccc(F)cc2Cl)n1C. The van der Waals surface area contributed by atoms with Crippen LogP contribution in [0.5, 0.6) is 11.5 Å². The van der Waals surface area contributed by atoms with Crippen LogP contribution in [0.2, 0.25) is 5.02 Å². The molecule has 1 N–H and O–H groups in total. The first-order valence-corrected chi connectivity index (χ1v) is 13.7. The molecule has 0 spiro atoms. The lowest BCUT2D eigenvalue weighted by molar-refractivity contribution is -0.113. The molecule has 0 aliphatic carbocycles. The number of benzene rings is 2. The van der Waals surface area contributed by atoms with Gasteiger partial charge in [-0.2, -0.15) is 0 Å². The summed E-state index contributed by atoms with van der Waals surface area (Å²) >= 11 is 8.46. The van der Waals surface area contributed by atoms with Crippen molar-refractivity contribution in [2.75, 3.05) is 25.3 Å². The van der Waals surface area contributed by atoms with Gasteiger partial charge in [0.2, 0.25) is 5.91 Å². The number of thioether (sulfide) groups is 1. The van der Waals surface area contributed by atoms with Crippen molar-refractivity contribution in [3.8, 4) is 22.6 Å². The molecule has 0 fully saturated rings. The summed E-state index contributed by atoms with van der Waals surface area (Å²) in [5.41, 5.74) is 1.70. The molecule has 0 aliphatic rings. The Morgan fingerprint density at radius 3 is 2.59 bits per heavy atom. The molecule has 9 nitrogen and oxygen atoms in total. The van der Waals surface area contributed by atoms with E-state index < -0.39 is 17.9 Å². The van der Waals surface area contributed by atoms with Crippen molar-refractivity contribution in [2.24, 2.45) is 7.05 Å². The monoisotopic (exact) mass is 590 g/mol. The molecule has 2 aromatic carbocycles. The fraction of sp³-hybridized carbons (Fsp3) is 0.231. The highest BCUT2D eigenvalue weighted by Crippen LogP contribution is 2.37. The summed E-state index contributed by atoms with van der Waals surface area (Å²) in [6, 6.07) is 11.1. The molecular formula is C26H24ClFN4O5S2. The molecule has 4 aromatic rings. The van der Waals surface area contributed by atoms with E-state index in [0.717, 1.165) is 5.56 Å². The third-order valence-electron chi connectivity index (χ3n) is 5.60. The van der Waals surface area contributed by atoms with Gasteiger partial charge in [0.25, 0.3) is 0 Å². The minimum Gasteiger partial charge on any atom is -0.497 e. The molecule has 0 saturated heterocycles. The first-order valence-electron chi connectivity index (χ1n) is 11.5. The Hall–Kier alpha value is -3.61. The average Bonchev–Trinajstić information content (AvgIpc) is 3.51. The van der Waals surface area contributed by atoms with Crippen molar-refractivity contribution in [3.63, 3.8) is 0 Å². The summed E-state index contributed by atoms with van der Waals surface area (Å²) in [6.45, 7) is 1.76. The van der Waals surface area contributed by atoms with Crippen molar-refractivity contribution in [3.05, 3.63) is 70.1 Å². The van der Waals surface area contributed by atoms with Crippen molar-refractivity contribution in [1.82, 2.24) is 14.8 Å². The zero-order valence-corrected chi connectivity index (χ0v) is 23.7. The second kappa shape index (κ2) is 12.5. The maximum atomic E-state index is 13.3. The van der Waals surface area contributed by atoms with Gasteiger partial charge >= 0.3 is 5.97 Å². The van der Waals surface area contributed by atoms with Crippen molar-refractivity contribution in [1.29, 1.82) is 0 Å². The summed E-state index contributed by atoms with van der Waals surface area (Å²) in [6.07, 6.45) is -0.543. The van der Waals surface area contributed by atoms with Gasteiger partial charge in [-0.25, -0.2) is 9.18 Å². The van der Waals surface area contributed by atoms with E-state index >= 15 is 0 Å². The maximum Gasteiger partial charge on any atom is 0.341 e. The number of thiophene rings is 1. The Labute approximate surface area is 237 Å². The smallest absolute Gasteiger partial charge is 0.341 e. The van der Waals surface area contributed by atoms with E-state index in [0.29, 0.717) is 33.0 Å². The fourth-order valence-electron chi connectivity index (χ4n) is 3.65. The number of nitrogens with one attached hydrogen (secondary N) is 1. The number of amides is 1. The van der Waals surface area contributed by atoms with Gasteiger partial charge in [-0.05, 0) is 42.8 Å². The van der Waals surface area contributed by atoms with Crippen LogP contribution in [-0.2, 0) is 16.6 Å². The summed E-state index contributed by atoms with van der Waals surface area (Å²) in [5, 5.41) is 13.9. The van der Waals surface area contributed by atoms with Gasteiger partial charge in [-0.15, -0.1) is 21.5 Å². The standard InChI is InChI=1S/C26H24ClFN4O5S2/c1-14(37-20-10-7-16(28)11-19(20)27)23-30-31-26(32(23)2)39-13-21(33)29-24-22(25(34)36-4)18(12-38-24)15-5-8-17(35-3)9-6-15/h5-12,14H,13H2,1-4H3,(H,29,33). The van der Waals surface area contributed by atoms with Crippen LogP contribution < -0.4 is 14.8 Å². The van der Waals surface area contributed by atoms with Gasteiger partial charge in [-0.3, -0.25) is 4.79 Å². The lowest BCUT2D eigenvalue weighted by Gasteiger charge is -2.15. The number of ether oxygens (including phenoxy) is 3. The van der Waals surface area contributed by atoms with Crippen LogP contribution in [0.4, 0.5) is 9.39 Å². The molecule has 4 rings (SSSR count). The topological polar surface area (TPSA) is 105 Å². The van der Waals surface area contributed by atoms with Gasteiger partial charge in [0.15, 0.2) is 17.1 Å². The number of carbonyl (C=O) groups is 2. The molecule has 0 saturated carbocycles. The summed E-state index contributed by atoms with van der Waals surface area (Å²) in [4.78, 5) is 25.4. The molecular weight excluding hydrogens is 567 g/mol. The maximum absolute atomic E-state index is 13.3. The van der Waals surface area contributed by atoms with Crippen LogP contribution in [-0.4, -0.2) is 46.6 Å². The van der Waals surface area contributed by atoms with Crippen LogP contribution >= 0.6 is 34.7 Å². The fourth-order valence-corrected chi connectivity index (χ4v) is 5.55. The minimum absolute atomic E-state index is 0.0153. The molecule has 0 bridgehead atoms. The Morgan fingerprint density at radius 1 is 1.18 bits per heavy atom. The van der Waals surface area contributed by atoms with Gasteiger partial charge < -0.3 is 24.1 Å². The van der Waals surface area contributed by atoms with Crippen LogP contribution in [0, 0.1) is 5.82 Å². The molecule has 13 heteroatoms. The van der Waals surface area contributed by atoms with E-state index in [2.05, 4.69) is 15.5 Å². The Morgan fingerprint density at radius 2 is 1.92 bits per heavy atom. The predicted octanol–water partition coefficient (Wildman–Crippen LogP) is 6.00. The van der Waals surface area contributed by atoms with Crippen molar-refractivity contribution < 1.29 is 28.2 Å². The Kier molecular flexibility index (Phi) is 9.10. The lowest BCUT2D eigenvalue weighted by Crippen LogP contribution is -2.16. The number of methoxy groups -OCH3 is 2. The third kappa shape index (κ3) is 6.52. The second-order valence-corrected chi connectivity index (χ2v) is 10.4. The first kappa shape index (κ1) is 28.4. The summed E-state index contributed by atoms with van der Waals surface area (Å²) in [5.74, 6) is 0.155. The number of hydrogen-bond acceptors (Lipinski definition) is 9. The third-order valence-corrected chi connectivity index (χ3v) is 7.81. The zero-order valence-electron chi connectivity index (χ0n) is 21.4. The van der Waals surface area contributed by atoms with Crippen molar-refractivity contribution in [2.45, 2.75) is 18.2 Å². The highest BCUT2D eigenvalue weighted by Gasteiger charge is 2.23. The summed E-state index contributed by atoms with van der Waals surface area (Å²) in [7, 11) is 4.61. The normalized spacial score (nSPS) is 11.6. The van der Waals surface area contributed by atoms with Crippen LogP contribution in [0.25, 0.3) is 11.1 Å². The highest BCUT2D eigenvalue weighted by molar-refractivity contribution is 7.99. The Bertz CT molecular complexity index is 1490. The number of carbonyl (C=O) groups excluding carboxylic acids is 2. The van der Waals surface area contributed by atoms with Crippen LogP contribution in [0.3, 0.4) is 0 Å². The van der Waals surface area contributed by atoms with Gasteiger partial charge in [0.05, 0.1) is 25.0 Å². The first-order chi connectivity index (χ1) is 18.7. The molecule has 1 amide bonds. The average molecular weight is 591 g/mol. The van der Waals surface area contributed by atoms with E-state index in [1.165, 1.54) is 48.4 Å². The Balaban J connectivity index is 1.43. The number of nitrogens with zero attached hydrogens (tertiary/aromatic N) is 3. The van der Waals surface area contributed by atoms with E-state index in [1.807, 2.05) is 12.1 Å². The minimum atomic E-state index is -0.557. The van der Waals surface area contributed by atoms with Gasteiger partial charge in [0.1, 0.15) is 27.9 Å². The quantitative estimate of drug-likeness (QED) is 0.177. The lowest BCUT2D eigenvalue weighted by atomic mass is 10.0. The zero-order chi connectivity index (χ0) is 28.1. The second-order valence-electron chi connectivity index (χ2n) is 8.15. The van der Waals surface area contributed by atoms with E-state index in [-0.39, 0.29) is 22.2 Å². The van der Waals surface area contributed by atoms with E-state index in [4.69, 9.17) is 25.8 Å². The number of aromatic nitrogens is 3. The van der Waals surface area contributed by atoms with Gasteiger partial charge in [-0.1, -0.05) is 35.5 Å².